The maximum atomic E-state index is 11.8. The maximum Gasteiger partial charge on any atom is 0.326 e. The van der Waals surface area contributed by atoms with Crippen LogP contribution in [-0.4, -0.2) is 35.1 Å². The van der Waals surface area contributed by atoms with Gasteiger partial charge in [0.2, 0.25) is 5.91 Å². The third-order valence-electron chi connectivity index (χ3n) is 3.45. The van der Waals surface area contributed by atoms with E-state index >= 15 is 0 Å². The second-order valence-electron chi connectivity index (χ2n) is 5.22. The molecule has 1 saturated carbocycles. The lowest BCUT2D eigenvalue weighted by Gasteiger charge is -2.22. The van der Waals surface area contributed by atoms with E-state index in [0.29, 0.717) is 0 Å². The Kier molecular flexibility index (Phi) is 6.83. The second-order valence-corrected chi connectivity index (χ2v) is 5.22. The molecule has 0 saturated heterocycles. The van der Waals surface area contributed by atoms with Gasteiger partial charge in [-0.05, 0) is 12.8 Å². The minimum atomic E-state index is -1.28. The molecular weight excluding hydrogens is 262 g/mol. The highest BCUT2D eigenvalue weighted by Crippen LogP contribution is 2.16. The third-order valence-corrected chi connectivity index (χ3v) is 3.45. The van der Waals surface area contributed by atoms with Gasteiger partial charge in [0.1, 0.15) is 6.04 Å². The van der Waals surface area contributed by atoms with Gasteiger partial charge in [0.05, 0.1) is 6.42 Å². The van der Waals surface area contributed by atoms with E-state index in [0.717, 1.165) is 25.7 Å². The number of carboxylic acids is 1. The first-order chi connectivity index (χ1) is 9.49. The minimum absolute atomic E-state index is 0.0679. The SMILES string of the molecule is NC(=O)C[C@H](NC(=O)NC1CCCCCCC1)C(=O)O. The zero-order chi connectivity index (χ0) is 15.0. The molecule has 5 N–H and O–H groups in total. The molecule has 0 aromatic heterocycles. The van der Waals surface area contributed by atoms with E-state index in [9.17, 15) is 14.4 Å². The molecule has 1 aliphatic rings. The van der Waals surface area contributed by atoms with E-state index in [1.165, 1.54) is 19.3 Å². The first-order valence-electron chi connectivity index (χ1n) is 7.07. The number of aliphatic carboxylic acids is 1. The number of hydrogen-bond acceptors (Lipinski definition) is 3. The fourth-order valence-corrected chi connectivity index (χ4v) is 2.39. The molecule has 0 unspecified atom stereocenters. The second kappa shape index (κ2) is 8.39. The summed E-state index contributed by atoms with van der Waals surface area (Å²) < 4.78 is 0. The van der Waals surface area contributed by atoms with Gasteiger partial charge in [0, 0.05) is 6.04 Å². The zero-order valence-corrected chi connectivity index (χ0v) is 11.6. The van der Waals surface area contributed by atoms with Gasteiger partial charge >= 0.3 is 12.0 Å². The number of carbonyl (C=O) groups is 3. The van der Waals surface area contributed by atoms with Crippen molar-refractivity contribution in [3.8, 4) is 0 Å². The van der Waals surface area contributed by atoms with Crippen molar-refractivity contribution in [2.24, 2.45) is 5.73 Å². The Bertz CT molecular complexity index is 352. The normalized spacial score (nSPS) is 18.4. The van der Waals surface area contributed by atoms with Gasteiger partial charge in [-0.3, -0.25) is 4.79 Å². The van der Waals surface area contributed by atoms with Crippen molar-refractivity contribution < 1.29 is 19.5 Å². The summed E-state index contributed by atoms with van der Waals surface area (Å²) in [6.45, 7) is 0. The Labute approximate surface area is 118 Å². The lowest BCUT2D eigenvalue weighted by atomic mass is 9.97. The van der Waals surface area contributed by atoms with Crippen LogP contribution in [0.25, 0.3) is 0 Å². The number of carbonyl (C=O) groups excluding carboxylic acids is 2. The van der Waals surface area contributed by atoms with Crippen molar-refractivity contribution in [3.63, 3.8) is 0 Å². The summed E-state index contributed by atoms with van der Waals surface area (Å²) in [6.07, 6.45) is 7.09. The zero-order valence-electron chi connectivity index (χ0n) is 11.6. The van der Waals surface area contributed by atoms with Crippen LogP contribution in [0.4, 0.5) is 4.79 Å². The van der Waals surface area contributed by atoms with Gasteiger partial charge in [-0.15, -0.1) is 0 Å². The van der Waals surface area contributed by atoms with E-state index in [-0.39, 0.29) is 6.04 Å². The summed E-state index contributed by atoms with van der Waals surface area (Å²) in [4.78, 5) is 33.4. The third kappa shape index (κ3) is 6.40. The maximum absolute atomic E-state index is 11.8. The molecule has 0 aliphatic heterocycles. The largest absolute Gasteiger partial charge is 0.480 e. The van der Waals surface area contributed by atoms with E-state index in [1.807, 2.05) is 0 Å². The Hall–Kier alpha value is -1.79. The molecule has 3 amide bonds. The number of amides is 3. The van der Waals surface area contributed by atoms with Crippen LogP contribution in [0.15, 0.2) is 0 Å². The van der Waals surface area contributed by atoms with Crippen LogP contribution in [0.5, 0.6) is 0 Å². The van der Waals surface area contributed by atoms with Crippen LogP contribution < -0.4 is 16.4 Å². The van der Waals surface area contributed by atoms with Gasteiger partial charge in [-0.2, -0.15) is 0 Å². The molecule has 0 heterocycles. The van der Waals surface area contributed by atoms with Crippen molar-refractivity contribution in [2.45, 2.75) is 63.5 Å². The summed E-state index contributed by atoms with van der Waals surface area (Å²) >= 11 is 0. The molecule has 114 valence electrons. The van der Waals surface area contributed by atoms with Crippen molar-refractivity contribution in [1.82, 2.24) is 10.6 Å². The highest BCUT2D eigenvalue weighted by atomic mass is 16.4. The fraction of sp³-hybridized carbons (Fsp3) is 0.769. The molecule has 0 radical (unpaired) electrons. The molecule has 7 heteroatoms. The summed E-state index contributed by atoms with van der Waals surface area (Å²) in [5.74, 6) is -2.03. The molecule has 1 aliphatic carbocycles. The average Bonchev–Trinajstić information content (AvgIpc) is 2.31. The number of hydrogen-bond donors (Lipinski definition) is 4. The molecule has 1 fully saturated rings. The van der Waals surface area contributed by atoms with Crippen LogP contribution in [0.2, 0.25) is 0 Å². The van der Waals surface area contributed by atoms with E-state index in [1.54, 1.807) is 0 Å². The molecule has 0 bridgehead atoms. The first-order valence-corrected chi connectivity index (χ1v) is 7.07. The highest BCUT2D eigenvalue weighted by Gasteiger charge is 2.23. The lowest BCUT2D eigenvalue weighted by molar-refractivity contribution is -0.140. The summed E-state index contributed by atoms with van der Waals surface area (Å²) in [7, 11) is 0. The van der Waals surface area contributed by atoms with Crippen LogP contribution >= 0.6 is 0 Å². The average molecular weight is 285 g/mol. The number of urea groups is 1. The van der Waals surface area contributed by atoms with Gasteiger partial charge in [-0.25, -0.2) is 9.59 Å². The predicted octanol–water partition coefficient (Wildman–Crippen LogP) is 0.727. The van der Waals surface area contributed by atoms with Crippen molar-refractivity contribution in [2.75, 3.05) is 0 Å². The number of primary amides is 1. The molecule has 0 aromatic rings. The number of nitrogens with two attached hydrogens (primary N) is 1. The Morgan fingerprint density at radius 3 is 2.15 bits per heavy atom. The number of rotatable bonds is 5. The summed E-state index contributed by atoms with van der Waals surface area (Å²) in [5.41, 5.74) is 4.96. The topological polar surface area (TPSA) is 122 Å². The van der Waals surface area contributed by atoms with E-state index in [4.69, 9.17) is 10.8 Å². The summed E-state index contributed by atoms with van der Waals surface area (Å²) in [6, 6.07) is -1.76. The van der Waals surface area contributed by atoms with Gasteiger partial charge in [-0.1, -0.05) is 32.1 Å². The molecular formula is C13H23N3O4. The molecule has 7 nitrogen and oxygen atoms in total. The van der Waals surface area contributed by atoms with Crippen LogP contribution in [0.3, 0.4) is 0 Å². The standard InChI is InChI=1S/C13H23N3O4/c14-11(17)8-10(12(18)19)16-13(20)15-9-6-4-2-1-3-5-7-9/h9-10H,1-8H2,(H2,14,17)(H,18,19)(H2,15,16,20)/t10-/m0/s1. The number of carboxylic acid groups (broad SMARTS) is 1. The van der Waals surface area contributed by atoms with Crippen molar-refractivity contribution >= 4 is 17.9 Å². The first kappa shape index (κ1) is 16.3. The Morgan fingerprint density at radius 2 is 1.65 bits per heavy atom. The Morgan fingerprint density at radius 1 is 1.10 bits per heavy atom. The Balaban J connectivity index is 2.43. The molecule has 1 rings (SSSR count). The highest BCUT2D eigenvalue weighted by molar-refractivity contribution is 5.87. The quantitative estimate of drug-likeness (QED) is 0.594. The van der Waals surface area contributed by atoms with E-state index in [2.05, 4.69) is 10.6 Å². The molecule has 0 spiro atoms. The van der Waals surface area contributed by atoms with Crippen LogP contribution in [-0.2, 0) is 9.59 Å². The monoisotopic (exact) mass is 285 g/mol. The van der Waals surface area contributed by atoms with Crippen LogP contribution in [0, 0.1) is 0 Å². The van der Waals surface area contributed by atoms with Gasteiger partial charge < -0.3 is 21.5 Å². The predicted molar refractivity (Wildman–Crippen MR) is 73.0 cm³/mol. The van der Waals surface area contributed by atoms with Crippen molar-refractivity contribution in [3.05, 3.63) is 0 Å². The number of nitrogens with one attached hydrogen (secondary N) is 2. The molecule has 0 aromatic carbocycles. The van der Waals surface area contributed by atoms with E-state index < -0.39 is 30.4 Å². The minimum Gasteiger partial charge on any atom is -0.480 e. The smallest absolute Gasteiger partial charge is 0.326 e. The van der Waals surface area contributed by atoms with Crippen molar-refractivity contribution in [1.29, 1.82) is 0 Å². The lowest BCUT2D eigenvalue weighted by Crippen LogP contribution is -2.50. The van der Waals surface area contributed by atoms with Gasteiger partial charge in [0.25, 0.3) is 0 Å². The summed E-state index contributed by atoms with van der Waals surface area (Å²) in [5, 5.41) is 14.0. The fourth-order valence-electron chi connectivity index (χ4n) is 2.39. The van der Waals surface area contributed by atoms with Crippen LogP contribution in [0.1, 0.15) is 51.4 Å². The molecule has 1 atom stereocenters. The van der Waals surface area contributed by atoms with Gasteiger partial charge in [0.15, 0.2) is 0 Å². The molecule has 20 heavy (non-hydrogen) atoms.